The first kappa shape index (κ1) is 19.4. The topological polar surface area (TPSA) is 64.1 Å². The van der Waals surface area contributed by atoms with Crippen molar-refractivity contribution in [3.63, 3.8) is 0 Å². The van der Waals surface area contributed by atoms with Gasteiger partial charge in [-0.15, -0.1) is 10.2 Å². The molecule has 0 spiro atoms. The van der Waals surface area contributed by atoms with Crippen LogP contribution in [0.4, 0.5) is 10.8 Å². The maximum atomic E-state index is 12.4. The number of rotatable bonds is 9. The van der Waals surface area contributed by atoms with Crippen molar-refractivity contribution in [1.29, 1.82) is 0 Å². The third-order valence-corrected chi connectivity index (χ3v) is 5.86. The lowest BCUT2D eigenvalue weighted by Crippen LogP contribution is -2.02. The normalized spacial score (nSPS) is 10.6. The highest BCUT2D eigenvalue weighted by atomic mass is 32.2. The summed E-state index contributed by atoms with van der Waals surface area (Å²) in [5, 5.41) is 12.2. The van der Waals surface area contributed by atoms with Crippen molar-refractivity contribution in [1.82, 2.24) is 10.2 Å². The van der Waals surface area contributed by atoms with Gasteiger partial charge in [-0.2, -0.15) is 0 Å². The van der Waals surface area contributed by atoms with E-state index in [1.54, 1.807) is 7.11 Å². The van der Waals surface area contributed by atoms with Crippen LogP contribution in [0.5, 0.6) is 5.75 Å². The second kappa shape index (κ2) is 9.53. The van der Waals surface area contributed by atoms with E-state index in [1.807, 2.05) is 48.5 Å². The summed E-state index contributed by atoms with van der Waals surface area (Å²) in [6.45, 7) is 2.15. The molecule has 7 heteroatoms. The Bertz CT molecular complexity index is 877. The van der Waals surface area contributed by atoms with E-state index in [0.717, 1.165) is 34.2 Å². The molecule has 0 aliphatic rings. The van der Waals surface area contributed by atoms with Gasteiger partial charge in [0.05, 0.1) is 12.9 Å². The Kier molecular flexibility index (Phi) is 6.84. The van der Waals surface area contributed by atoms with Gasteiger partial charge >= 0.3 is 0 Å². The molecule has 1 heterocycles. The van der Waals surface area contributed by atoms with Crippen molar-refractivity contribution in [2.24, 2.45) is 0 Å². The lowest BCUT2D eigenvalue weighted by atomic mass is 10.1. The number of ether oxygens (including phenoxy) is 1. The van der Waals surface area contributed by atoms with Crippen LogP contribution in [0.3, 0.4) is 0 Å². The van der Waals surface area contributed by atoms with Gasteiger partial charge in [0, 0.05) is 11.3 Å². The number of thioether (sulfide) groups is 1. The van der Waals surface area contributed by atoms with Crippen molar-refractivity contribution >= 4 is 39.7 Å². The Balaban J connectivity index is 1.53. The maximum absolute atomic E-state index is 12.4. The lowest BCUT2D eigenvalue weighted by molar-refractivity contribution is 0.102. The zero-order chi connectivity index (χ0) is 19.1. The number of aryl methyl sites for hydroxylation is 1. The summed E-state index contributed by atoms with van der Waals surface area (Å²) < 4.78 is 5.91. The summed E-state index contributed by atoms with van der Waals surface area (Å²) in [4.78, 5) is 12.4. The molecule has 0 amide bonds. The van der Waals surface area contributed by atoms with Gasteiger partial charge in [-0.05, 0) is 36.2 Å². The Hall–Kier alpha value is -2.38. The molecule has 5 nitrogen and oxygen atoms in total. The molecule has 3 aromatic rings. The zero-order valence-corrected chi connectivity index (χ0v) is 16.9. The first-order valence-corrected chi connectivity index (χ1v) is 10.5. The van der Waals surface area contributed by atoms with Crippen molar-refractivity contribution in [2.75, 3.05) is 18.2 Å². The fourth-order valence-corrected chi connectivity index (χ4v) is 4.14. The molecular formula is C20H21N3O2S2. The van der Waals surface area contributed by atoms with E-state index < -0.39 is 0 Å². The van der Waals surface area contributed by atoms with Crippen LogP contribution in [-0.4, -0.2) is 28.8 Å². The van der Waals surface area contributed by atoms with Crippen LogP contribution in [0.1, 0.15) is 29.3 Å². The molecule has 0 radical (unpaired) electrons. The number of carbonyl (C=O) groups is 1. The first-order chi connectivity index (χ1) is 13.2. The molecule has 2 aromatic carbocycles. The van der Waals surface area contributed by atoms with Gasteiger partial charge in [-0.25, -0.2) is 0 Å². The van der Waals surface area contributed by atoms with Crippen LogP contribution in [0, 0.1) is 0 Å². The maximum Gasteiger partial charge on any atom is 0.210 e. The number of benzene rings is 2. The molecule has 3 rings (SSSR count). The fraction of sp³-hybridized carbons (Fsp3) is 0.250. The first-order valence-electron chi connectivity index (χ1n) is 8.67. The quantitative estimate of drug-likeness (QED) is 0.393. The van der Waals surface area contributed by atoms with Crippen molar-refractivity contribution in [2.45, 2.75) is 24.1 Å². The van der Waals surface area contributed by atoms with Crippen molar-refractivity contribution in [3.05, 3.63) is 59.7 Å². The minimum atomic E-state index is 0.0999. The minimum absolute atomic E-state index is 0.0999. The van der Waals surface area contributed by atoms with Crippen molar-refractivity contribution < 1.29 is 9.53 Å². The summed E-state index contributed by atoms with van der Waals surface area (Å²) in [6, 6.07) is 15.5. The Morgan fingerprint density at radius 3 is 2.52 bits per heavy atom. The van der Waals surface area contributed by atoms with Gasteiger partial charge in [0.2, 0.25) is 5.13 Å². The predicted molar refractivity (Wildman–Crippen MR) is 112 cm³/mol. The summed E-state index contributed by atoms with van der Waals surface area (Å²) in [5.41, 5.74) is 2.91. The molecule has 0 unspecified atom stereocenters. The molecular weight excluding hydrogens is 378 g/mol. The summed E-state index contributed by atoms with van der Waals surface area (Å²) >= 11 is 2.84. The zero-order valence-electron chi connectivity index (χ0n) is 15.3. The number of aromatic nitrogens is 2. The highest BCUT2D eigenvalue weighted by molar-refractivity contribution is 8.01. The second-order valence-corrected chi connectivity index (χ2v) is 8.09. The lowest BCUT2D eigenvalue weighted by Gasteiger charge is -2.03. The van der Waals surface area contributed by atoms with Gasteiger partial charge in [-0.3, -0.25) is 4.79 Å². The van der Waals surface area contributed by atoms with Crippen LogP contribution in [0.2, 0.25) is 0 Å². The Labute approximate surface area is 167 Å². The molecule has 1 aromatic heterocycles. The van der Waals surface area contributed by atoms with Crippen molar-refractivity contribution in [3.8, 4) is 5.75 Å². The van der Waals surface area contributed by atoms with Gasteiger partial charge < -0.3 is 10.1 Å². The third kappa shape index (κ3) is 5.55. The number of nitrogens with zero attached hydrogens (tertiary/aromatic N) is 2. The molecule has 140 valence electrons. The number of methoxy groups -OCH3 is 1. The molecule has 0 aliphatic heterocycles. The largest absolute Gasteiger partial charge is 0.497 e. The number of hydrogen-bond donors (Lipinski definition) is 1. The van der Waals surface area contributed by atoms with E-state index >= 15 is 0 Å². The van der Waals surface area contributed by atoms with Crippen LogP contribution in [-0.2, 0) is 6.42 Å². The van der Waals surface area contributed by atoms with E-state index in [9.17, 15) is 4.79 Å². The molecule has 0 aliphatic carbocycles. The van der Waals surface area contributed by atoms with E-state index in [-0.39, 0.29) is 5.78 Å². The predicted octanol–water partition coefficient (Wildman–Crippen LogP) is 5.22. The number of ketones is 1. The monoisotopic (exact) mass is 399 g/mol. The van der Waals surface area contributed by atoms with E-state index in [4.69, 9.17) is 4.74 Å². The second-order valence-electron chi connectivity index (χ2n) is 5.89. The number of carbonyl (C=O) groups excluding carboxylic acids is 1. The third-order valence-electron chi connectivity index (χ3n) is 3.89. The van der Waals surface area contributed by atoms with Gasteiger partial charge in [0.25, 0.3) is 0 Å². The average Bonchev–Trinajstić information content (AvgIpc) is 3.15. The number of hydrogen-bond acceptors (Lipinski definition) is 7. The smallest absolute Gasteiger partial charge is 0.210 e. The number of nitrogens with one attached hydrogen (secondary N) is 1. The van der Waals surface area contributed by atoms with E-state index in [1.165, 1.54) is 28.7 Å². The summed E-state index contributed by atoms with van der Waals surface area (Å²) in [7, 11) is 1.64. The summed E-state index contributed by atoms with van der Waals surface area (Å²) in [6.07, 6.45) is 2.14. The number of anilines is 2. The average molecular weight is 400 g/mol. The standard InChI is InChI=1S/C20H21N3O2S2/c1-3-4-14-5-7-15(8-6-14)18(24)13-26-20-23-22-19(27-20)21-16-9-11-17(25-2)12-10-16/h5-12H,3-4,13H2,1-2H3,(H,21,22). The van der Waals surface area contributed by atoms with Crippen LogP contribution in [0.15, 0.2) is 52.9 Å². The highest BCUT2D eigenvalue weighted by Gasteiger charge is 2.10. The molecule has 0 saturated heterocycles. The molecule has 0 atom stereocenters. The van der Waals surface area contributed by atoms with E-state index in [0.29, 0.717) is 10.9 Å². The minimum Gasteiger partial charge on any atom is -0.497 e. The molecule has 1 N–H and O–H groups in total. The highest BCUT2D eigenvalue weighted by Crippen LogP contribution is 2.28. The number of Topliss-reactive ketones (excluding diaryl/α,β-unsaturated/α-hetero) is 1. The molecule has 0 bridgehead atoms. The van der Waals surface area contributed by atoms with Gasteiger partial charge in [0.15, 0.2) is 10.1 Å². The van der Waals surface area contributed by atoms with Crippen LogP contribution < -0.4 is 10.1 Å². The molecule has 0 saturated carbocycles. The van der Waals surface area contributed by atoms with Gasteiger partial charge in [0.1, 0.15) is 5.75 Å². The molecule has 0 fully saturated rings. The van der Waals surface area contributed by atoms with Gasteiger partial charge in [-0.1, -0.05) is 60.7 Å². The van der Waals surface area contributed by atoms with Crippen LogP contribution >= 0.6 is 23.1 Å². The fourth-order valence-electron chi connectivity index (χ4n) is 2.47. The molecule has 27 heavy (non-hydrogen) atoms. The van der Waals surface area contributed by atoms with Crippen LogP contribution in [0.25, 0.3) is 0 Å². The van der Waals surface area contributed by atoms with E-state index in [2.05, 4.69) is 22.4 Å². The SMILES string of the molecule is CCCc1ccc(C(=O)CSc2nnc(Nc3ccc(OC)cc3)s2)cc1. The summed E-state index contributed by atoms with van der Waals surface area (Å²) in [5.74, 6) is 1.25. The Morgan fingerprint density at radius 2 is 1.85 bits per heavy atom. The Morgan fingerprint density at radius 1 is 1.11 bits per heavy atom.